The molecule has 0 aliphatic rings. The average Bonchev–Trinajstić information content (AvgIpc) is 3.43. The molecule has 3 heterocycles. The molecule has 0 atom stereocenters. The smallest absolute Gasteiger partial charge is 0.236 e. The van der Waals surface area contributed by atoms with Crippen LogP contribution in [0.25, 0.3) is 10.8 Å². The van der Waals surface area contributed by atoms with Crippen molar-refractivity contribution in [2.24, 2.45) is 0 Å². The Labute approximate surface area is 166 Å². The third-order valence-electron chi connectivity index (χ3n) is 4.09. The molecule has 0 N–H and O–H groups in total. The first-order valence-electron chi connectivity index (χ1n) is 8.64. The number of halogens is 1. The normalized spacial score (nSPS) is 11.0. The number of nitrogens with zero attached hydrogens (tertiary/aromatic N) is 3. The Kier molecular flexibility index (Phi) is 5.55. The second-order valence-electron chi connectivity index (χ2n) is 6.08. The van der Waals surface area contributed by atoms with Crippen LogP contribution in [0.3, 0.4) is 0 Å². The Morgan fingerprint density at radius 1 is 1.15 bits per heavy atom. The number of hydrogen-bond donors (Lipinski definition) is 0. The van der Waals surface area contributed by atoms with E-state index >= 15 is 0 Å². The van der Waals surface area contributed by atoms with Crippen molar-refractivity contribution >= 4 is 22.9 Å². The number of aryl methyl sites for hydroxylation is 2. The molecule has 138 valence electrons. The summed E-state index contributed by atoms with van der Waals surface area (Å²) in [6.45, 7) is 1.34. The van der Waals surface area contributed by atoms with E-state index in [1.807, 2.05) is 36.8 Å². The summed E-state index contributed by atoms with van der Waals surface area (Å²) in [7, 11) is 0. The van der Waals surface area contributed by atoms with Gasteiger partial charge in [-0.15, -0.1) is 11.3 Å². The summed E-state index contributed by atoms with van der Waals surface area (Å²) < 4.78 is 14.1. The van der Waals surface area contributed by atoms with Crippen molar-refractivity contribution in [3.05, 3.63) is 77.0 Å². The monoisotopic (exact) mass is 399 g/mol. The molecule has 4 aromatic rings. The predicted octanol–water partition coefficient (Wildman–Crippen LogP) is 5.46. The second kappa shape index (κ2) is 8.41. The summed E-state index contributed by atoms with van der Waals surface area (Å²) >= 11 is 7.39. The number of aromatic nitrogens is 3. The molecule has 7 heteroatoms. The molecule has 0 aliphatic carbocycles. The summed E-state index contributed by atoms with van der Waals surface area (Å²) in [6.07, 6.45) is 9.35. The molecule has 0 unspecified atom stereocenters. The highest BCUT2D eigenvalue weighted by Gasteiger charge is 2.09. The number of thiophene rings is 1. The molecule has 0 aliphatic heterocycles. The van der Waals surface area contributed by atoms with Crippen molar-refractivity contribution in [3.8, 4) is 16.5 Å². The number of oxazole rings is 1. The summed E-state index contributed by atoms with van der Waals surface area (Å²) in [4.78, 5) is 9.41. The molecule has 0 spiro atoms. The van der Waals surface area contributed by atoms with Crippen LogP contribution in [-0.4, -0.2) is 14.5 Å². The zero-order valence-electron chi connectivity index (χ0n) is 14.5. The van der Waals surface area contributed by atoms with E-state index < -0.39 is 0 Å². The van der Waals surface area contributed by atoms with Gasteiger partial charge in [0.2, 0.25) is 5.89 Å². The van der Waals surface area contributed by atoms with E-state index in [1.54, 1.807) is 12.5 Å². The van der Waals surface area contributed by atoms with Gasteiger partial charge in [0.25, 0.3) is 0 Å². The largest absolute Gasteiger partial charge is 0.487 e. The Morgan fingerprint density at radius 3 is 2.78 bits per heavy atom. The Balaban J connectivity index is 1.27. The van der Waals surface area contributed by atoms with Crippen molar-refractivity contribution < 1.29 is 9.15 Å². The molecule has 0 bridgehead atoms. The van der Waals surface area contributed by atoms with Gasteiger partial charge in [-0.05, 0) is 42.7 Å². The van der Waals surface area contributed by atoms with Crippen LogP contribution in [0.5, 0.6) is 5.75 Å². The molecule has 0 fully saturated rings. The van der Waals surface area contributed by atoms with Crippen LogP contribution in [0.1, 0.15) is 17.7 Å². The van der Waals surface area contributed by atoms with Crippen LogP contribution in [0, 0.1) is 0 Å². The first-order valence-corrected chi connectivity index (χ1v) is 9.83. The Morgan fingerprint density at radius 2 is 2.04 bits per heavy atom. The third kappa shape index (κ3) is 4.78. The molecule has 27 heavy (non-hydrogen) atoms. The molecular weight excluding hydrogens is 382 g/mol. The van der Waals surface area contributed by atoms with Gasteiger partial charge in [0.1, 0.15) is 24.3 Å². The maximum absolute atomic E-state index is 5.95. The average molecular weight is 400 g/mol. The second-order valence-corrected chi connectivity index (χ2v) is 7.80. The van der Waals surface area contributed by atoms with Crippen molar-refractivity contribution in [2.45, 2.75) is 26.0 Å². The lowest BCUT2D eigenvalue weighted by molar-refractivity contribution is 0.301. The van der Waals surface area contributed by atoms with Gasteiger partial charge >= 0.3 is 0 Å². The molecule has 1 aromatic carbocycles. The van der Waals surface area contributed by atoms with Gasteiger partial charge in [0, 0.05) is 18.9 Å². The maximum atomic E-state index is 5.95. The quantitative estimate of drug-likeness (QED) is 0.394. The lowest BCUT2D eigenvalue weighted by Crippen LogP contribution is -1.98. The lowest BCUT2D eigenvalue weighted by Gasteiger charge is -2.06. The number of hydrogen-bond acceptors (Lipinski definition) is 5. The van der Waals surface area contributed by atoms with Crippen LogP contribution in [0.4, 0.5) is 0 Å². The first kappa shape index (κ1) is 17.8. The Bertz CT molecular complexity index is 977. The van der Waals surface area contributed by atoms with Gasteiger partial charge in [0.05, 0.1) is 15.5 Å². The van der Waals surface area contributed by atoms with E-state index in [2.05, 4.69) is 26.7 Å². The van der Waals surface area contributed by atoms with Crippen LogP contribution >= 0.6 is 22.9 Å². The SMILES string of the molecule is Clc1ccc(-c2nc(COc3ccc(CCCn4ccnc4)cc3)co2)s1. The van der Waals surface area contributed by atoms with Gasteiger partial charge in [-0.25, -0.2) is 9.97 Å². The number of imidazole rings is 1. The van der Waals surface area contributed by atoms with Gasteiger partial charge < -0.3 is 13.7 Å². The summed E-state index contributed by atoms with van der Waals surface area (Å²) in [5.41, 5.74) is 2.04. The fourth-order valence-corrected chi connectivity index (χ4v) is 3.69. The fourth-order valence-electron chi connectivity index (χ4n) is 2.71. The van der Waals surface area contributed by atoms with E-state index in [4.69, 9.17) is 20.8 Å². The molecular formula is C20H18ClN3O2S. The third-order valence-corrected chi connectivity index (χ3v) is 5.31. The molecule has 5 nitrogen and oxygen atoms in total. The van der Waals surface area contributed by atoms with E-state index in [1.165, 1.54) is 16.9 Å². The first-order chi connectivity index (χ1) is 13.3. The minimum absolute atomic E-state index is 0.364. The minimum atomic E-state index is 0.364. The summed E-state index contributed by atoms with van der Waals surface area (Å²) in [6, 6.07) is 11.9. The fraction of sp³-hybridized carbons (Fsp3) is 0.200. The predicted molar refractivity (Wildman–Crippen MR) is 106 cm³/mol. The van der Waals surface area contributed by atoms with E-state index in [0.717, 1.165) is 35.7 Å². The van der Waals surface area contributed by atoms with E-state index in [0.29, 0.717) is 16.8 Å². The number of benzene rings is 1. The molecule has 0 radical (unpaired) electrons. The van der Waals surface area contributed by atoms with Crippen LogP contribution in [-0.2, 0) is 19.6 Å². The molecule has 0 saturated carbocycles. The standard InChI is InChI=1S/C20H18ClN3O2S/c21-19-8-7-18(27-19)20-23-16(13-26-20)12-25-17-5-3-15(4-6-17)2-1-10-24-11-9-22-14-24/h3-9,11,13-14H,1-2,10,12H2. The minimum Gasteiger partial charge on any atom is -0.487 e. The molecule has 0 saturated heterocycles. The van der Waals surface area contributed by atoms with Gasteiger partial charge in [-0.2, -0.15) is 0 Å². The lowest BCUT2D eigenvalue weighted by atomic mass is 10.1. The van der Waals surface area contributed by atoms with Crippen molar-refractivity contribution in [2.75, 3.05) is 0 Å². The Hall–Kier alpha value is -2.57. The number of ether oxygens (including phenoxy) is 1. The summed E-state index contributed by atoms with van der Waals surface area (Å²) in [5.74, 6) is 1.39. The topological polar surface area (TPSA) is 53.1 Å². The molecule has 0 amide bonds. The van der Waals surface area contributed by atoms with Gasteiger partial charge in [0.15, 0.2) is 0 Å². The zero-order chi connectivity index (χ0) is 18.5. The molecule has 4 rings (SSSR count). The zero-order valence-corrected chi connectivity index (χ0v) is 16.1. The van der Waals surface area contributed by atoms with Gasteiger partial charge in [-0.1, -0.05) is 23.7 Å². The molecule has 3 aromatic heterocycles. The van der Waals surface area contributed by atoms with Crippen molar-refractivity contribution in [1.29, 1.82) is 0 Å². The van der Waals surface area contributed by atoms with Crippen molar-refractivity contribution in [3.63, 3.8) is 0 Å². The summed E-state index contributed by atoms with van der Waals surface area (Å²) in [5, 5.41) is 0. The van der Waals surface area contributed by atoms with E-state index in [-0.39, 0.29) is 0 Å². The highest BCUT2D eigenvalue weighted by molar-refractivity contribution is 7.19. The van der Waals surface area contributed by atoms with Crippen LogP contribution in [0.2, 0.25) is 4.34 Å². The highest BCUT2D eigenvalue weighted by atomic mass is 35.5. The van der Waals surface area contributed by atoms with Crippen molar-refractivity contribution in [1.82, 2.24) is 14.5 Å². The van der Waals surface area contributed by atoms with Crippen LogP contribution < -0.4 is 4.74 Å². The highest BCUT2D eigenvalue weighted by Crippen LogP contribution is 2.30. The number of rotatable bonds is 8. The van der Waals surface area contributed by atoms with E-state index in [9.17, 15) is 0 Å². The maximum Gasteiger partial charge on any atom is 0.236 e. The van der Waals surface area contributed by atoms with Crippen LogP contribution in [0.15, 0.2) is 65.8 Å². The van der Waals surface area contributed by atoms with Gasteiger partial charge in [-0.3, -0.25) is 0 Å².